The molecule has 39 heavy (non-hydrogen) atoms. The number of benzene rings is 2. The minimum atomic E-state index is -4.68. The lowest BCUT2D eigenvalue weighted by molar-refractivity contribution is -0.138. The summed E-state index contributed by atoms with van der Waals surface area (Å²) in [7, 11) is 0. The van der Waals surface area contributed by atoms with Crippen molar-refractivity contribution in [1.29, 1.82) is 0 Å². The van der Waals surface area contributed by atoms with Gasteiger partial charge in [0.05, 0.1) is 23.4 Å². The highest BCUT2D eigenvalue weighted by molar-refractivity contribution is 9.10. The third kappa shape index (κ3) is 7.58. The van der Waals surface area contributed by atoms with E-state index in [0.717, 1.165) is 38.5 Å². The summed E-state index contributed by atoms with van der Waals surface area (Å²) in [6.45, 7) is 1.78. The number of alkyl halides is 3. The second kappa shape index (κ2) is 12.9. The van der Waals surface area contributed by atoms with Gasteiger partial charge in [0.15, 0.2) is 15.3 Å². The number of rotatable bonds is 10. The number of aromatic nitrogens is 5. The smallest absolute Gasteiger partial charge is 0.345 e. The van der Waals surface area contributed by atoms with Crippen LogP contribution in [0.2, 0.25) is 0 Å². The third-order valence-electron chi connectivity index (χ3n) is 4.92. The summed E-state index contributed by atoms with van der Waals surface area (Å²) in [5.74, 6) is -0.145. The van der Waals surface area contributed by atoms with Crippen LogP contribution in [-0.4, -0.2) is 48.3 Å². The molecule has 0 bridgehead atoms. The predicted molar refractivity (Wildman–Crippen MR) is 147 cm³/mol. The molecule has 16 heteroatoms. The maximum atomic E-state index is 13.4. The maximum Gasteiger partial charge on any atom is 0.417 e. The first-order valence-electron chi connectivity index (χ1n) is 11.2. The summed E-state index contributed by atoms with van der Waals surface area (Å²) >= 11 is 7.28. The van der Waals surface area contributed by atoms with Crippen molar-refractivity contribution in [2.75, 3.05) is 16.8 Å². The molecule has 2 N–H and O–H groups in total. The van der Waals surface area contributed by atoms with Crippen LogP contribution in [0.5, 0.6) is 0 Å². The van der Waals surface area contributed by atoms with Crippen LogP contribution in [0.4, 0.5) is 18.3 Å². The number of thioether (sulfide) groups is 2. The third-order valence-corrected chi connectivity index (χ3v) is 8.23. The van der Waals surface area contributed by atoms with Gasteiger partial charge in [0.25, 0.3) is 5.91 Å². The first-order chi connectivity index (χ1) is 18.7. The van der Waals surface area contributed by atoms with Gasteiger partial charge >= 0.3 is 6.18 Å². The van der Waals surface area contributed by atoms with E-state index in [2.05, 4.69) is 47.0 Å². The fraction of sp³-hybridized carbons (Fsp3) is 0.217. The van der Waals surface area contributed by atoms with E-state index >= 15 is 0 Å². The number of amides is 2. The Bertz CT molecular complexity index is 1460. The molecule has 4 aromatic rings. The Hall–Kier alpha value is -2.95. The molecule has 2 heterocycles. The zero-order valence-electron chi connectivity index (χ0n) is 20.0. The average molecular weight is 659 g/mol. The van der Waals surface area contributed by atoms with Gasteiger partial charge in [0.2, 0.25) is 11.0 Å². The predicted octanol–water partition coefficient (Wildman–Crippen LogP) is 5.67. The lowest BCUT2D eigenvalue weighted by Crippen LogP contribution is -2.27. The van der Waals surface area contributed by atoms with Crippen molar-refractivity contribution in [3.63, 3.8) is 0 Å². The number of carbonyl (C=O) groups is 2. The number of carbonyl (C=O) groups excluding carboxylic acids is 2. The Morgan fingerprint density at radius 3 is 2.49 bits per heavy atom. The second-order valence-electron chi connectivity index (χ2n) is 7.58. The van der Waals surface area contributed by atoms with E-state index in [1.54, 1.807) is 28.8 Å². The first-order valence-corrected chi connectivity index (χ1v) is 14.8. The van der Waals surface area contributed by atoms with Crippen molar-refractivity contribution in [2.24, 2.45) is 0 Å². The van der Waals surface area contributed by atoms with Crippen molar-refractivity contribution in [3.8, 4) is 5.69 Å². The molecule has 9 nitrogen and oxygen atoms in total. The number of nitrogens with one attached hydrogen (secondary N) is 2. The van der Waals surface area contributed by atoms with Crippen molar-refractivity contribution in [2.45, 2.75) is 29.1 Å². The van der Waals surface area contributed by atoms with E-state index < -0.39 is 23.2 Å². The summed E-state index contributed by atoms with van der Waals surface area (Å²) < 4.78 is 43.3. The molecular weight excluding hydrogens is 639 g/mol. The van der Waals surface area contributed by atoms with Gasteiger partial charge < -0.3 is 5.32 Å². The summed E-state index contributed by atoms with van der Waals surface area (Å²) in [4.78, 5) is 25.2. The Balaban J connectivity index is 1.50. The van der Waals surface area contributed by atoms with Gasteiger partial charge in [-0.05, 0) is 42.2 Å². The number of anilines is 1. The van der Waals surface area contributed by atoms with Crippen LogP contribution < -0.4 is 10.6 Å². The fourth-order valence-corrected chi connectivity index (χ4v) is 5.97. The quantitative estimate of drug-likeness (QED) is 0.166. The minimum absolute atomic E-state index is 0.0180. The largest absolute Gasteiger partial charge is 0.417 e. The molecule has 4 rings (SSSR count). The topological polar surface area (TPSA) is 115 Å². The molecule has 0 fully saturated rings. The van der Waals surface area contributed by atoms with Gasteiger partial charge in [-0.2, -0.15) is 13.2 Å². The Morgan fingerprint density at radius 2 is 1.77 bits per heavy atom. The molecule has 0 unspecified atom stereocenters. The van der Waals surface area contributed by atoms with Crippen LogP contribution in [0, 0.1) is 0 Å². The highest BCUT2D eigenvalue weighted by Gasteiger charge is 2.34. The van der Waals surface area contributed by atoms with Crippen molar-refractivity contribution in [3.05, 3.63) is 70.0 Å². The number of nitrogens with zero attached hydrogens (tertiary/aromatic N) is 5. The molecule has 2 aromatic carbocycles. The van der Waals surface area contributed by atoms with Gasteiger partial charge in [-0.25, -0.2) is 0 Å². The summed E-state index contributed by atoms with van der Waals surface area (Å²) in [5.41, 5.74) is -0.894. The normalized spacial score (nSPS) is 11.4. The molecule has 0 aliphatic rings. The molecule has 0 spiro atoms. The van der Waals surface area contributed by atoms with Crippen molar-refractivity contribution < 1.29 is 22.8 Å². The monoisotopic (exact) mass is 657 g/mol. The second-order valence-corrected chi connectivity index (χ2v) is 11.9. The SMILES string of the molecule is CCSc1nnc(NC(=O)CSc2nnc(CNC(=O)c3ccccc3C(F)(F)F)n2-c2ccc(Br)cc2)s1. The van der Waals surface area contributed by atoms with Crippen LogP contribution in [0.15, 0.2) is 62.5 Å². The molecule has 0 saturated carbocycles. The van der Waals surface area contributed by atoms with E-state index in [0.29, 0.717) is 16.0 Å². The van der Waals surface area contributed by atoms with Crippen LogP contribution >= 0.6 is 50.8 Å². The zero-order chi connectivity index (χ0) is 28.0. The Kier molecular flexibility index (Phi) is 9.63. The zero-order valence-corrected chi connectivity index (χ0v) is 24.1. The molecule has 2 amide bonds. The van der Waals surface area contributed by atoms with E-state index in [1.807, 2.05) is 6.92 Å². The van der Waals surface area contributed by atoms with Crippen molar-refractivity contribution >= 4 is 67.7 Å². The number of hydrogen-bond donors (Lipinski definition) is 2. The van der Waals surface area contributed by atoms with Gasteiger partial charge in [-0.3, -0.25) is 19.5 Å². The Labute approximate surface area is 241 Å². The molecule has 0 saturated heterocycles. The minimum Gasteiger partial charge on any atom is -0.345 e. The summed E-state index contributed by atoms with van der Waals surface area (Å²) in [5, 5.41) is 22.2. The lowest BCUT2D eigenvalue weighted by atomic mass is 10.1. The van der Waals surface area contributed by atoms with E-state index in [9.17, 15) is 22.8 Å². The summed E-state index contributed by atoms with van der Waals surface area (Å²) in [6, 6.07) is 11.7. The van der Waals surface area contributed by atoms with Gasteiger partial charge in [-0.15, -0.1) is 20.4 Å². The van der Waals surface area contributed by atoms with E-state index in [1.165, 1.54) is 35.2 Å². The van der Waals surface area contributed by atoms with E-state index in [-0.39, 0.29) is 24.0 Å². The van der Waals surface area contributed by atoms with Crippen LogP contribution in [0.1, 0.15) is 28.7 Å². The number of hydrogen-bond acceptors (Lipinski definition) is 9. The molecule has 0 atom stereocenters. The van der Waals surface area contributed by atoms with Crippen LogP contribution in [0.25, 0.3) is 5.69 Å². The molecule has 0 aliphatic carbocycles. The standard InChI is InChI=1S/C23H19BrF3N7O2S3/c1-2-37-22-33-31-20(39-22)29-18(35)12-38-21-32-30-17(34(21)14-9-7-13(24)8-10-14)11-28-19(36)15-5-3-4-6-16(15)23(25,26)27/h3-10H,2,11-12H2,1H3,(H,28,36)(H,29,31,35). The molecule has 2 aromatic heterocycles. The van der Waals surface area contributed by atoms with Gasteiger partial charge in [0, 0.05) is 10.2 Å². The van der Waals surface area contributed by atoms with Crippen molar-refractivity contribution in [1.82, 2.24) is 30.3 Å². The number of halogens is 4. The molecule has 0 radical (unpaired) electrons. The molecular formula is C23H19BrF3N7O2S3. The summed E-state index contributed by atoms with van der Waals surface area (Å²) in [6.07, 6.45) is -4.68. The van der Waals surface area contributed by atoms with Crippen LogP contribution in [-0.2, 0) is 17.5 Å². The first kappa shape index (κ1) is 29.0. The highest BCUT2D eigenvalue weighted by atomic mass is 79.9. The fourth-order valence-electron chi connectivity index (χ4n) is 3.27. The van der Waals surface area contributed by atoms with Gasteiger partial charge in [0.1, 0.15) is 0 Å². The maximum absolute atomic E-state index is 13.4. The Morgan fingerprint density at radius 1 is 1.03 bits per heavy atom. The lowest BCUT2D eigenvalue weighted by Gasteiger charge is -2.13. The molecule has 204 valence electrons. The highest BCUT2D eigenvalue weighted by Crippen LogP contribution is 2.32. The van der Waals surface area contributed by atoms with Crippen LogP contribution in [0.3, 0.4) is 0 Å². The van der Waals surface area contributed by atoms with Gasteiger partial charge in [-0.1, -0.05) is 69.8 Å². The van der Waals surface area contributed by atoms with E-state index in [4.69, 9.17) is 0 Å². The molecule has 0 aliphatic heterocycles. The average Bonchev–Trinajstić information content (AvgIpc) is 3.52.